The van der Waals surface area contributed by atoms with Gasteiger partial charge in [0.05, 0.1) is 24.6 Å². The van der Waals surface area contributed by atoms with Gasteiger partial charge in [-0.15, -0.1) is 0 Å². The molecule has 7 heteroatoms. The summed E-state index contributed by atoms with van der Waals surface area (Å²) in [5.41, 5.74) is 10.9. The highest BCUT2D eigenvalue weighted by Gasteiger charge is 2.29. The number of hydrogen-bond acceptors (Lipinski definition) is 5. The fourth-order valence-electron chi connectivity index (χ4n) is 1.93. The van der Waals surface area contributed by atoms with Crippen LogP contribution in [0.5, 0.6) is 0 Å². The molecular formula is C10H13N5O2. The topological polar surface area (TPSA) is 120 Å². The third-order valence-electron chi connectivity index (χ3n) is 2.85. The lowest BCUT2D eigenvalue weighted by Gasteiger charge is -2.26. The number of carbonyl (C=O) groups is 1. The summed E-state index contributed by atoms with van der Waals surface area (Å²) in [6, 6.07) is 2.05. The molecular weight excluding hydrogens is 222 g/mol. The van der Waals surface area contributed by atoms with Gasteiger partial charge in [0.15, 0.2) is 5.82 Å². The maximum Gasteiger partial charge on any atom is 0.254 e. The van der Waals surface area contributed by atoms with E-state index in [1.165, 1.54) is 6.20 Å². The zero-order valence-corrected chi connectivity index (χ0v) is 9.17. The Bertz CT molecular complexity index is 476. The second kappa shape index (κ2) is 4.43. The van der Waals surface area contributed by atoms with Crippen LogP contribution in [0, 0.1) is 17.2 Å². The minimum Gasteiger partial charge on any atom is -0.382 e. The molecule has 90 valence electrons. The minimum atomic E-state index is -0.616. The molecule has 0 radical (unpaired) electrons. The Morgan fingerprint density at radius 2 is 2.47 bits per heavy atom. The van der Waals surface area contributed by atoms with E-state index in [4.69, 9.17) is 21.5 Å². The number of nitriles is 1. The van der Waals surface area contributed by atoms with Crippen LogP contribution < -0.4 is 11.5 Å². The van der Waals surface area contributed by atoms with Crippen molar-refractivity contribution in [2.24, 2.45) is 11.7 Å². The van der Waals surface area contributed by atoms with Crippen LogP contribution in [0.1, 0.15) is 22.8 Å². The van der Waals surface area contributed by atoms with Crippen molar-refractivity contribution in [1.82, 2.24) is 9.78 Å². The molecule has 0 spiro atoms. The van der Waals surface area contributed by atoms with E-state index in [2.05, 4.69) is 11.2 Å². The monoisotopic (exact) mass is 235 g/mol. The van der Waals surface area contributed by atoms with Gasteiger partial charge in [0.25, 0.3) is 5.91 Å². The molecule has 4 N–H and O–H groups in total. The minimum absolute atomic E-state index is 0.0979. The third kappa shape index (κ3) is 2.07. The Balaban J connectivity index is 2.30. The lowest BCUT2D eigenvalue weighted by atomic mass is 9.97. The molecule has 17 heavy (non-hydrogen) atoms. The molecule has 2 heterocycles. The molecule has 0 saturated carbocycles. The summed E-state index contributed by atoms with van der Waals surface area (Å²) in [6.07, 6.45) is 2.16. The number of amides is 1. The SMILES string of the molecule is N#CC1COCCC1n1cc(C(N)=O)c(N)n1. The van der Waals surface area contributed by atoms with E-state index in [0.717, 1.165) is 0 Å². The van der Waals surface area contributed by atoms with Crippen molar-refractivity contribution < 1.29 is 9.53 Å². The van der Waals surface area contributed by atoms with Gasteiger partial charge in [0, 0.05) is 12.8 Å². The quantitative estimate of drug-likeness (QED) is 0.726. The van der Waals surface area contributed by atoms with Gasteiger partial charge < -0.3 is 16.2 Å². The van der Waals surface area contributed by atoms with Crippen LogP contribution in [0.4, 0.5) is 5.82 Å². The van der Waals surface area contributed by atoms with Crippen LogP contribution >= 0.6 is 0 Å². The normalized spacial score (nSPS) is 24.2. The fraction of sp³-hybridized carbons (Fsp3) is 0.500. The maximum absolute atomic E-state index is 11.1. The average Bonchev–Trinajstić information content (AvgIpc) is 2.71. The van der Waals surface area contributed by atoms with Crippen molar-refractivity contribution >= 4 is 11.7 Å². The second-order valence-corrected chi connectivity index (χ2v) is 3.94. The molecule has 1 aliphatic heterocycles. The number of hydrogen-bond donors (Lipinski definition) is 2. The zero-order chi connectivity index (χ0) is 12.4. The first-order valence-electron chi connectivity index (χ1n) is 5.25. The van der Waals surface area contributed by atoms with Crippen LogP contribution in [0.15, 0.2) is 6.20 Å². The summed E-state index contributed by atoms with van der Waals surface area (Å²) in [4.78, 5) is 11.1. The summed E-state index contributed by atoms with van der Waals surface area (Å²) >= 11 is 0. The number of primary amides is 1. The van der Waals surface area contributed by atoms with Gasteiger partial charge in [0.1, 0.15) is 5.56 Å². The first kappa shape index (κ1) is 11.4. The van der Waals surface area contributed by atoms with Crippen LogP contribution in [0.25, 0.3) is 0 Å². The van der Waals surface area contributed by atoms with Crippen molar-refractivity contribution in [3.63, 3.8) is 0 Å². The van der Waals surface area contributed by atoms with Crippen LogP contribution in [0.2, 0.25) is 0 Å². The molecule has 1 aliphatic rings. The van der Waals surface area contributed by atoms with Gasteiger partial charge in [-0.05, 0) is 6.42 Å². The lowest BCUT2D eigenvalue weighted by molar-refractivity contribution is 0.0385. The molecule has 1 saturated heterocycles. The summed E-state index contributed by atoms with van der Waals surface area (Å²) in [5, 5.41) is 13.1. The highest BCUT2D eigenvalue weighted by atomic mass is 16.5. The van der Waals surface area contributed by atoms with Crippen LogP contribution in [0.3, 0.4) is 0 Å². The summed E-state index contributed by atoms with van der Waals surface area (Å²) < 4.78 is 6.77. The van der Waals surface area contributed by atoms with E-state index in [-0.39, 0.29) is 23.3 Å². The van der Waals surface area contributed by atoms with Crippen molar-refractivity contribution in [2.75, 3.05) is 18.9 Å². The van der Waals surface area contributed by atoms with E-state index < -0.39 is 5.91 Å². The van der Waals surface area contributed by atoms with E-state index in [0.29, 0.717) is 19.6 Å². The van der Waals surface area contributed by atoms with Crippen LogP contribution in [-0.2, 0) is 4.74 Å². The molecule has 1 aromatic heterocycles. The molecule has 0 aromatic carbocycles. The number of aromatic nitrogens is 2. The van der Waals surface area contributed by atoms with E-state index in [1.54, 1.807) is 4.68 Å². The highest BCUT2D eigenvalue weighted by Crippen LogP contribution is 2.27. The zero-order valence-electron chi connectivity index (χ0n) is 9.17. The number of carbonyl (C=O) groups excluding carboxylic acids is 1. The van der Waals surface area contributed by atoms with E-state index in [1.807, 2.05) is 0 Å². The first-order chi connectivity index (χ1) is 8.13. The number of ether oxygens (including phenoxy) is 1. The Morgan fingerprint density at radius 1 is 1.71 bits per heavy atom. The lowest BCUT2D eigenvalue weighted by Crippen LogP contribution is -2.29. The van der Waals surface area contributed by atoms with Crippen molar-refractivity contribution in [3.8, 4) is 6.07 Å². The Morgan fingerprint density at radius 3 is 3.06 bits per heavy atom. The summed E-state index contributed by atoms with van der Waals surface area (Å²) in [5.74, 6) is -0.807. The van der Waals surface area contributed by atoms with Gasteiger partial charge in [0.2, 0.25) is 0 Å². The number of nitrogens with zero attached hydrogens (tertiary/aromatic N) is 3. The second-order valence-electron chi connectivity index (χ2n) is 3.94. The predicted octanol–water partition coefficient (Wildman–Crippen LogP) is -0.335. The number of nitrogens with two attached hydrogens (primary N) is 2. The maximum atomic E-state index is 11.1. The largest absolute Gasteiger partial charge is 0.382 e. The van der Waals surface area contributed by atoms with Crippen LogP contribution in [-0.4, -0.2) is 28.9 Å². The molecule has 0 aliphatic carbocycles. The smallest absolute Gasteiger partial charge is 0.254 e. The Hall–Kier alpha value is -2.07. The molecule has 1 amide bonds. The fourth-order valence-corrected chi connectivity index (χ4v) is 1.93. The number of anilines is 1. The van der Waals surface area contributed by atoms with Gasteiger partial charge >= 0.3 is 0 Å². The van der Waals surface area contributed by atoms with Crippen molar-refractivity contribution in [3.05, 3.63) is 11.8 Å². The Kier molecular flexibility index (Phi) is 2.97. The number of rotatable bonds is 2. The molecule has 1 aromatic rings. The van der Waals surface area contributed by atoms with E-state index >= 15 is 0 Å². The molecule has 2 atom stereocenters. The van der Waals surface area contributed by atoms with Gasteiger partial charge in [-0.3, -0.25) is 9.48 Å². The van der Waals surface area contributed by atoms with Gasteiger partial charge in [-0.25, -0.2) is 0 Å². The average molecular weight is 235 g/mol. The standard InChI is InChI=1S/C10H13N5O2/c11-3-6-5-17-2-1-8(6)15-4-7(10(13)16)9(12)14-15/h4,6,8H,1-2,5H2,(H2,12,14)(H2,13,16). The third-order valence-corrected chi connectivity index (χ3v) is 2.85. The van der Waals surface area contributed by atoms with Crippen molar-refractivity contribution in [1.29, 1.82) is 5.26 Å². The Labute approximate surface area is 97.9 Å². The summed E-state index contributed by atoms with van der Waals surface area (Å²) in [6.45, 7) is 0.932. The number of nitrogen functional groups attached to an aromatic ring is 1. The van der Waals surface area contributed by atoms with E-state index in [9.17, 15) is 4.79 Å². The summed E-state index contributed by atoms with van der Waals surface area (Å²) in [7, 11) is 0. The van der Waals surface area contributed by atoms with Gasteiger partial charge in [-0.1, -0.05) is 0 Å². The first-order valence-corrected chi connectivity index (χ1v) is 5.25. The molecule has 0 bridgehead atoms. The molecule has 7 nitrogen and oxygen atoms in total. The van der Waals surface area contributed by atoms with Gasteiger partial charge in [-0.2, -0.15) is 10.4 Å². The van der Waals surface area contributed by atoms with Crippen molar-refractivity contribution in [2.45, 2.75) is 12.5 Å². The molecule has 1 fully saturated rings. The predicted molar refractivity (Wildman–Crippen MR) is 58.7 cm³/mol. The molecule has 2 unspecified atom stereocenters. The molecule has 2 rings (SSSR count). The highest BCUT2D eigenvalue weighted by molar-refractivity contribution is 5.96.